The van der Waals surface area contributed by atoms with Gasteiger partial charge in [-0.05, 0) is 18.6 Å². The predicted octanol–water partition coefficient (Wildman–Crippen LogP) is 1.03. The summed E-state index contributed by atoms with van der Waals surface area (Å²) in [6.07, 6.45) is 0.749. The van der Waals surface area contributed by atoms with Gasteiger partial charge in [-0.25, -0.2) is 8.42 Å². The highest BCUT2D eigenvalue weighted by molar-refractivity contribution is 7.89. The number of benzene rings is 1. The van der Waals surface area contributed by atoms with Gasteiger partial charge in [0.15, 0.2) is 4.90 Å². The summed E-state index contributed by atoms with van der Waals surface area (Å²) in [5.41, 5.74) is -0.309. The van der Waals surface area contributed by atoms with Crippen LogP contribution < -0.4 is 5.32 Å². The van der Waals surface area contributed by atoms with Crippen molar-refractivity contribution < 1.29 is 18.4 Å². The van der Waals surface area contributed by atoms with E-state index in [9.17, 15) is 18.5 Å². The Morgan fingerprint density at radius 1 is 1.43 bits per heavy atom. The minimum absolute atomic E-state index is 0.133. The van der Waals surface area contributed by atoms with Crippen LogP contribution in [0.2, 0.25) is 0 Å². The molecule has 118 valence electrons. The molecule has 0 unspecified atom stereocenters. The highest BCUT2D eigenvalue weighted by Gasteiger charge is 2.31. The Morgan fingerprint density at radius 3 is 2.62 bits per heavy atom. The number of anilines is 1. The lowest BCUT2D eigenvalue weighted by Crippen LogP contribution is -2.30. The molecule has 9 heteroatoms. The predicted molar refractivity (Wildman–Crippen MR) is 78.8 cm³/mol. The van der Waals surface area contributed by atoms with Gasteiger partial charge < -0.3 is 10.4 Å². The van der Waals surface area contributed by atoms with Crippen molar-refractivity contribution in [2.24, 2.45) is 0 Å². The standard InChI is InChI=1S/C12H19N3O5S/c1-3-7-13-10-5-4-6-11(12(10)15(17)18)21(19,20)14(2)8-9-16/h4-6,13,16H,3,7-9H2,1-2H3. The monoisotopic (exact) mass is 317 g/mol. The van der Waals surface area contributed by atoms with Crippen LogP contribution >= 0.6 is 0 Å². The molecule has 1 aromatic carbocycles. The molecule has 0 bridgehead atoms. The van der Waals surface area contributed by atoms with Gasteiger partial charge in [0.25, 0.3) is 0 Å². The third-order valence-corrected chi connectivity index (χ3v) is 4.74. The Hall–Kier alpha value is -1.71. The van der Waals surface area contributed by atoms with E-state index in [0.29, 0.717) is 6.54 Å². The van der Waals surface area contributed by atoms with Crippen LogP contribution in [0.5, 0.6) is 0 Å². The van der Waals surface area contributed by atoms with Crippen LogP contribution in [0, 0.1) is 10.1 Å². The fourth-order valence-corrected chi connectivity index (χ4v) is 3.09. The molecule has 0 aliphatic heterocycles. The van der Waals surface area contributed by atoms with Crippen LogP contribution in [-0.4, -0.2) is 49.5 Å². The van der Waals surface area contributed by atoms with E-state index >= 15 is 0 Å². The van der Waals surface area contributed by atoms with E-state index in [4.69, 9.17) is 5.11 Å². The lowest BCUT2D eigenvalue weighted by molar-refractivity contribution is -0.386. The maximum Gasteiger partial charge on any atom is 0.312 e. The van der Waals surface area contributed by atoms with Gasteiger partial charge in [0.1, 0.15) is 5.69 Å². The zero-order chi connectivity index (χ0) is 16.0. The number of nitro benzene ring substituents is 1. The van der Waals surface area contributed by atoms with Crippen LogP contribution in [0.1, 0.15) is 13.3 Å². The van der Waals surface area contributed by atoms with Crippen LogP contribution in [-0.2, 0) is 10.0 Å². The SMILES string of the molecule is CCCNc1cccc(S(=O)(=O)N(C)CCO)c1[N+](=O)[O-]. The molecule has 2 N–H and O–H groups in total. The number of hydrogen-bond donors (Lipinski definition) is 2. The Kier molecular flexibility index (Phi) is 6.06. The van der Waals surface area contributed by atoms with Gasteiger partial charge in [0, 0.05) is 20.1 Å². The lowest BCUT2D eigenvalue weighted by Gasteiger charge is -2.17. The molecule has 21 heavy (non-hydrogen) atoms. The largest absolute Gasteiger partial charge is 0.395 e. The molecule has 0 aliphatic rings. The Balaban J connectivity index is 3.39. The first-order valence-electron chi connectivity index (χ1n) is 6.44. The van der Waals surface area contributed by atoms with E-state index in [1.807, 2.05) is 6.92 Å². The summed E-state index contributed by atoms with van der Waals surface area (Å²) in [7, 11) is -2.77. The molecule has 8 nitrogen and oxygen atoms in total. The second-order valence-corrected chi connectivity index (χ2v) is 6.40. The van der Waals surface area contributed by atoms with Gasteiger partial charge in [0.2, 0.25) is 10.0 Å². The van der Waals surface area contributed by atoms with Gasteiger partial charge in [-0.1, -0.05) is 13.0 Å². The highest BCUT2D eigenvalue weighted by atomic mass is 32.2. The third kappa shape index (κ3) is 3.90. The number of rotatable bonds is 8. The van der Waals surface area contributed by atoms with Gasteiger partial charge in [-0.15, -0.1) is 0 Å². The summed E-state index contributed by atoms with van der Waals surface area (Å²) >= 11 is 0. The van der Waals surface area contributed by atoms with Crippen molar-refractivity contribution in [3.8, 4) is 0 Å². The topological polar surface area (TPSA) is 113 Å². The van der Waals surface area contributed by atoms with Crippen molar-refractivity contribution in [3.63, 3.8) is 0 Å². The number of para-hydroxylation sites is 1. The average molecular weight is 317 g/mol. The van der Waals surface area contributed by atoms with Crippen LogP contribution in [0.3, 0.4) is 0 Å². The zero-order valence-electron chi connectivity index (χ0n) is 11.9. The second-order valence-electron chi connectivity index (χ2n) is 4.39. The molecule has 0 fully saturated rings. The number of nitro groups is 1. The first-order chi connectivity index (χ1) is 9.86. The summed E-state index contributed by atoms with van der Waals surface area (Å²) in [5, 5.41) is 23.0. The van der Waals surface area contributed by atoms with Crippen molar-refractivity contribution in [2.75, 3.05) is 32.1 Å². The molecule has 0 saturated heterocycles. The molecular formula is C12H19N3O5S. The molecular weight excluding hydrogens is 298 g/mol. The number of aliphatic hydroxyl groups is 1. The number of sulfonamides is 1. The summed E-state index contributed by atoms with van der Waals surface area (Å²) in [6, 6.07) is 4.11. The first-order valence-corrected chi connectivity index (χ1v) is 7.88. The van der Waals surface area contributed by atoms with Crippen molar-refractivity contribution in [1.29, 1.82) is 0 Å². The maximum atomic E-state index is 12.4. The van der Waals surface area contributed by atoms with Crippen molar-refractivity contribution in [3.05, 3.63) is 28.3 Å². The van der Waals surface area contributed by atoms with Crippen LogP contribution in [0.25, 0.3) is 0 Å². The average Bonchev–Trinajstić information content (AvgIpc) is 2.44. The molecule has 0 radical (unpaired) electrons. The number of hydrogen-bond acceptors (Lipinski definition) is 6. The molecule has 0 aliphatic carbocycles. The van der Waals surface area contributed by atoms with E-state index in [-0.39, 0.29) is 23.7 Å². The van der Waals surface area contributed by atoms with Gasteiger partial charge in [-0.2, -0.15) is 4.31 Å². The minimum Gasteiger partial charge on any atom is -0.395 e. The molecule has 1 aromatic rings. The molecule has 1 rings (SSSR count). The van der Waals surface area contributed by atoms with E-state index < -0.39 is 20.6 Å². The molecule has 0 saturated carbocycles. The fraction of sp³-hybridized carbons (Fsp3) is 0.500. The lowest BCUT2D eigenvalue weighted by atomic mass is 10.2. The van der Waals surface area contributed by atoms with E-state index in [0.717, 1.165) is 10.7 Å². The Labute approximate surface area is 123 Å². The van der Waals surface area contributed by atoms with Crippen molar-refractivity contribution in [1.82, 2.24) is 4.31 Å². The highest BCUT2D eigenvalue weighted by Crippen LogP contribution is 2.33. The molecule has 0 heterocycles. The third-order valence-electron chi connectivity index (χ3n) is 2.85. The summed E-state index contributed by atoms with van der Waals surface area (Å²) in [4.78, 5) is 10.2. The summed E-state index contributed by atoms with van der Waals surface area (Å²) < 4.78 is 25.6. The van der Waals surface area contributed by atoms with Crippen molar-refractivity contribution >= 4 is 21.4 Å². The molecule has 0 amide bonds. The van der Waals surface area contributed by atoms with Gasteiger partial charge in [0.05, 0.1) is 11.5 Å². The Bertz CT molecular complexity index is 603. The van der Waals surface area contributed by atoms with E-state index in [1.165, 1.54) is 25.2 Å². The molecule has 0 atom stereocenters. The smallest absolute Gasteiger partial charge is 0.312 e. The maximum absolute atomic E-state index is 12.4. The number of likely N-dealkylation sites (N-methyl/N-ethyl adjacent to an activating group) is 1. The normalized spacial score (nSPS) is 11.6. The second kappa shape index (κ2) is 7.34. The number of nitrogens with one attached hydrogen (secondary N) is 1. The van der Waals surface area contributed by atoms with E-state index in [2.05, 4.69) is 5.32 Å². The Morgan fingerprint density at radius 2 is 2.10 bits per heavy atom. The van der Waals surface area contributed by atoms with Crippen molar-refractivity contribution in [2.45, 2.75) is 18.2 Å². The van der Waals surface area contributed by atoms with Crippen LogP contribution in [0.15, 0.2) is 23.1 Å². The fourth-order valence-electron chi connectivity index (χ4n) is 1.75. The van der Waals surface area contributed by atoms with Crippen LogP contribution in [0.4, 0.5) is 11.4 Å². The van der Waals surface area contributed by atoms with Gasteiger partial charge in [-0.3, -0.25) is 10.1 Å². The number of aliphatic hydroxyl groups excluding tert-OH is 1. The molecule has 0 aromatic heterocycles. The summed E-state index contributed by atoms with van der Waals surface area (Å²) in [5.74, 6) is 0. The quantitative estimate of drug-likeness (QED) is 0.547. The summed E-state index contributed by atoms with van der Waals surface area (Å²) in [6.45, 7) is 1.90. The zero-order valence-corrected chi connectivity index (χ0v) is 12.8. The minimum atomic E-state index is -4.03. The number of nitrogens with zero attached hydrogens (tertiary/aromatic N) is 2. The first kappa shape index (κ1) is 17.3. The molecule has 0 spiro atoms. The van der Waals surface area contributed by atoms with Gasteiger partial charge >= 0.3 is 5.69 Å². The van der Waals surface area contributed by atoms with E-state index in [1.54, 1.807) is 0 Å².